The van der Waals surface area contributed by atoms with Crippen LogP contribution in [0.3, 0.4) is 0 Å². The first-order valence-corrected chi connectivity index (χ1v) is 6.77. The molecule has 0 spiro atoms. The molecule has 1 saturated heterocycles. The molecule has 9 heteroatoms. The number of H-pyrrole nitrogens is 1. The van der Waals surface area contributed by atoms with Crippen LogP contribution in [-0.4, -0.2) is 46.0 Å². The highest BCUT2D eigenvalue weighted by atomic mass is 79.9. The Morgan fingerprint density at radius 2 is 2.20 bits per heavy atom. The Morgan fingerprint density at radius 3 is 2.85 bits per heavy atom. The zero-order valence-electron chi connectivity index (χ0n) is 10.9. The minimum absolute atomic E-state index is 0. The smallest absolute Gasteiger partial charge is 0.328 e. The topological polar surface area (TPSA) is 87.2 Å². The second-order valence-corrected chi connectivity index (χ2v) is 5.41. The van der Waals surface area contributed by atoms with Crippen LogP contribution in [0.15, 0.2) is 20.3 Å². The molecule has 112 valence electrons. The third-order valence-corrected chi connectivity index (χ3v) is 3.56. The molecule has 1 amide bonds. The predicted octanol–water partition coefficient (Wildman–Crippen LogP) is -0.459. The average molecular weight is 368 g/mol. The third-order valence-electron chi connectivity index (χ3n) is 2.99. The molecule has 0 aliphatic carbocycles. The molecule has 0 saturated carbocycles. The first kappa shape index (κ1) is 16.9. The lowest BCUT2D eigenvalue weighted by molar-refractivity contribution is -0.133. The number of halogens is 2. The highest BCUT2D eigenvalue weighted by Crippen LogP contribution is 2.02. The molecule has 20 heavy (non-hydrogen) atoms. The van der Waals surface area contributed by atoms with Gasteiger partial charge in [-0.15, -0.1) is 12.4 Å². The van der Waals surface area contributed by atoms with E-state index >= 15 is 0 Å². The van der Waals surface area contributed by atoms with Crippen molar-refractivity contribution < 1.29 is 4.79 Å². The van der Waals surface area contributed by atoms with E-state index in [1.165, 1.54) is 10.8 Å². The Labute approximate surface area is 129 Å². The summed E-state index contributed by atoms with van der Waals surface area (Å²) in [7, 11) is 0. The molecule has 0 bridgehead atoms. The number of rotatable bonds is 2. The second kappa shape index (κ2) is 7.05. The Hall–Kier alpha value is -1.12. The van der Waals surface area contributed by atoms with Crippen LogP contribution < -0.4 is 16.6 Å². The molecular formula is C11H16BrClN4O3. The highest BCUT2D eigenvalue weighted by molar-refractivity contribution is 9.10. The fraction of sp³-hybridized carbons (Fsp3) is 0.545. The van der Waals surface area contributed by atoms with Crippen molar-refractivity contribution in [2.75, 3.05) is 19.6 Å². The van der Waals surface area contributed by atoms with Gasteiger partial charge in [-0.1, -0.05) is 0 Å². The lowest BCUT2D eigenvalue weighted by Crippen LogP contribution is -2.52. The number of carbonyl (C=O) groups excluding carboxylic acids is 1. The van der Waals surface area contributed by atoms with E-state index in [1.807, 2.05) is 6.92 Å². The molecule has 2 rings (SSSR count). The van der Waals surface area contributed by atoms with E-state index < -0.39 is 11.2 Å². The molecular weight excluding hydrogens is 352 g/mol. The van der Waals surface area contributed by atoms with Crippen LogP contribution in [0.1, 0.15) is 6.92 Å². The minimum atomic E-state index is -0.579. The Balaban J connectivity index is 0.00000200. The van der Waals surface area contributed by atoms with Crippen molar-refractivity contribution in [3.8, 4) is 0 Å². The van der Waals surface area contributed by atoms with E-state index in [4.69, 9.17) is 0 Å². The molecule has 1 aliphatic heterocycles. The summed E-state index contributed by atoms with van der Waals surface area (Å²) < 4.78 is 1.43. The van der Waals surface area contributed by atoms with Gasteiger partial charge in [-0.2, -0.15) is 0 Å². The molecule has 1 fully saturated rings. The summed E-state index contributed by atoms with van der Waals surface area (Å²) in [6.07, 6.45) is 1.34. The molecule has 0 aromatic carbocycles. The second-order valence-electron chi connectivity index (χ2n) is 4.56. The molecule has 1 unspecified atom stereocenters. The largest absolute Gasteiger partial charge is 0.338 e. The standard InChI is InChI=1S/C11H15BrN4O3.ClH/c1-7-4-15(3-2-13-7)9(17)6-16-5-8(12)10(18)14-11(16)19;/h5,7,13H,2-4,6H2,1H3,(H,14,18,19);1H. The summed E-state index contributed by atoms with van der Waals surface area (Å²) in [6, 6.07) is 0.247. The van der Waals surface area contributed by atoms with Crippen LogP contribution in [0.2, 0.25) is 0 Å². The molecule has 2 N–H and O–H groups in total. The Kier molecular flexibility index (Phi) is 5.97. The van der Waals surface area contributed by atoms with Gasteiger partial charge in [0.05, 0.1) is 4.47 Å². The van der Waals surface area contributed by atoms with E-state index in [0.29, 0.717) is 13.1 Å². The van der Waals surface area contributed by atoms with Gasteiger partial charge in [0.25, 0.3) is 5.56 Å². The maximum absolute atomic E-state index is 12.1. The SMILES string of the molecule is CC1CN(C(=O)Cn2cc(Br)c(=O)[nH]c2=O)CCN1.Cl. The van der Waals surface area contributed by atoms with E-state index in [2.05, 4.69) is 26.2 Å². The van der Waals surface area contributed by atoms with Crippen LogP contribution in [0.25, 0.3) is 0 Å². The Bertz CT molecular complexity index is 600. The van der Waals surface area contributed by atoms with Crippen molar-refractivity contribution in [3.63, 3.8) is 0 Å². The number of hydrogen-bond acceptors (Lipinski definition) is 4. The number of aromatic nitrogens is 2. The van der Waals surface area contributed by atoms with Crippen LogP contribution >= 0.6 is 28.3 Å². The van der Waals surface area contributed by atoms with Gasteiger partial charge in [-0.3, -0.25) is 19.1 Å². The van der Waals surface area contributed by atoms with Crippen molar-refractivity contribution in [3.05, 3.63) is 31.5 Å². The number of aromatic amines is 1. The maximum atomic E-state index is 12.1. The minimum Gasteiger partial charge on any atom is -0.338 e. The van der Waals surface area contributed by atoms with Gasteiger partial charge in [0.1, 0.15) is 6.54 Å². The number of amides is 1. The number of nitrogens with one attached hydrogen (secondary N) is 2. The summed E-state index contributed by atoms with van der Waals surface area (Å²) in [4.78, 5) is 38.7. The lowest BCUT2D eigenvalue weighted by atomic mass is 10.2. The monoisotopic (exact) mass is 366 g/mol. The van der Waals surface area contributed by atoms with Crippen molar-refractivity contribution in [1.82, 2.24) is 19.8 Å². The van der Waals surface area contributed by atoms with Gasteiger partial charge in [0.15, 0.2) is 0 Å². The summed E-state index contributed by atoms with van der Waals surface area (Å²) in [5.74, 6) is -0.130. The number of carbonyl (C=O) groups is 1. The van der Waals surface area contributed by atoms with Crippen LogP contribution in [-0.2, 0) is 11.3 Å². The van der Waals surface area contributed by atoms with Gasteiger partial charge in [-0.05, 0) is 22.9 Å². The van der Waals surface area contributed by atoms with Crippen molar-refractivity contribution in [1.29, 1.82) is 0 Å². The van der Waals surface area contributed by atoms with Gasteiger partial charge < -0.3 is 10.2 Å². The fourth-order valence-corrected chi connectivity index (χ4v) is 2.35. The van der Waals surface area contributed by atoms with Gasteiger partial charge >= 0.3 is 5.69 Å². The Morgan fingerprint density at radius 1 is 1.50 bits per heavy atom. The number of nitrogens with zero attached hydrogens (tertiary/aromatic N) is 2. The molecule has 1 atom stereocenters. The molecule has 1 aromatic heterocycles. The number of piperazine rings is 1. The zero-order chi connectivity index (χ0) is 14.0. The van der Waals surface area contributed by atoms with Crippen LogP contribution in [0.5, 0.6) is 0 Å². The molecule has 0 radical (unpaired) electrons. The average Bonchev–Trinajstić information content (AvgIpc) is 2.36. The van der Waals surface area contributed by atoms with Crippen molar-refractivity contribution >= 4 is 34.2 Å². The summed E-state index contributed by atoms with van der Waals surface area (Å²) in [5.41, 5.74) is -1.07. The molecule has 1 aromatic rings. The summed E-state index contributed by atoms with van der Waals surface area (Å²) in [5, 5.41) is 3.24. The normalized spacial score (nSPS) is 18.5. The van der Waals surface area contributed by atoms with E-state index in [-0.39, 0.29) is 35.4 Å². The van der Waals surface area contributed by atoms with Gasteiger partial charge in [-0.25, -0.2) is 4.79 Å². The third kappa shape index (κ3) is 3.94. The van der Waals surface area contributed by atoms with Crippen LogP contribution in [0.4, 0.5) is 0 Å². The quantitative estimate of drug-likeness (QED) is 0.741. The fourth-order valence-electron chi connectivity index (χ4n) is 2.00. The number of hydrogen-bond donors (Lipinski definition) is 2. The zero-order valence-corrected chi connectivity index (χ0v) is 13.3. The first-order valence-electron chi connectivity index (χ1n) is 5.98. The van der Waals surface area contributed by atoms with Gasteiger partial charge in [0, 0.05) is 31.9 Å². The molecule has 2 heterocycles. The van der Waals surface area contributed by atoms with E-state index in [9.17, 15) is 14.4 Å². The summed E-state index contributed by atoms with van der Waals surface area (Å²) in [6.45, 7) is 3.93. The van der Waals surface area contributed by atoms with E-state index in [1.54, 1.807) is 4.90 Å². The predicted molar refractivity (Wildman–Crippen MR) is 80.3 cm³/mol. The summed E-state index contributed by atoms with van der Waals surface area (Å²) >= 11 is 3.04. The van der Waals surface area contributed by atoms with E-state index in [0.717, 1.165) is 6.54 Å². The molecule has 1 aliphatic rings. The lowest BCUT2D eigenvalue weighted by Gasteiger charge is -2.32. The maximum Gasteiger partial charge on any atom is 0.328 e. The van der Waals surface area contributed by atoms with Crippen molar-refractivity contribution in [2.45, 2.75) is 19.5 Å². The highest BCUT2D eigenvalue weighted by Gasteiger charge is 2.20. The first-order chi connectivity index (χ1) is 8.97. The van der Waals surface area contributed by atoms with Crippen LogP contribution in [0, 0.1) is 0 Å². The van der Waals surface area contributed by atoms with Gasteiger partial charge in [0.2, 0.25) is 5.91 Å². The van der Waals surface area contributed by atoms with Crippen molar-refractivity contribution in [2.24, 2.45) is 0 Å². The molecule has 7 nitrogen and oxygen atoms in total.